The van der Waals surface area contributed by atoms with Gasteiger partial charge in [-0.25, -0.2) is 4.98 Å². The van der Waals surface area contributed by atoms with Crippen molar-refractivity contribution in [3.63, 3.8) is 0 Å². The van der Waals surface area contributed by atoms with Crippen molar-refractivity contribution >= 4 is 17.2 Å². The van der Waals surface area contributed by atoms with Gasteiger partial charge in [-0.2, -0.15) is 0 Å². The number of rotatable bonds is 1. The van der Waals surface area contributed by atoms with Crippen LogP contribution in [0.2, 0.25) is 0 Å². The molecule has 0 saturated heterocycles. The number of carbonyl (C=O) groups excluding carboxylic acids is 1. The van der Waals surface area contributed by atoms with Gasteiger partial charge in [0.15, 0.2) is 0 Å². The third-order valence-corrected chi connectivity index (χ3v) is 4.01. The normalized spacial score (nSPS) is 13.7. The number of hydrogen-bond donors (Lipinski definition) is 0. The Labute approximate surface area is 122 Å². The summed E-state index contributed by atoms with van der Waals surface area (Å²) in [5, 5.41) is 0. The van der Waals surface area contributed by atoms with Crippen molar-refractivity contribution in [3.8, 4) is 11.3 Å². The van der Waals surface area contributed by atoms with Crippen LogP contribution >= 0.6 is 0 Å². The van der Waals surface area contributed by atoms with Gasteiger partial charge in [0.25, 0.3) is 0 Å². The zero-order valence-corrected chi connectivity index (χ0v) is 11.8. The topological polar surface area (TPSA) is 37.6 Å². The molecule has 104 valence electrons. The van der Waals surface area contributed by atoms with Crippen LogP contribution in [0.25, 0.3) is 16.9 Å². The lowest BCUT2D eigenvalue weighted by atomic mass is 10.1. The Bertz CT molecular complexity index is 817. The highest BCUT2D eigenvalue weighted by Gasteiger charge is 2.22. The molecule has 4 rings (SSSR count). The monoisotopic (exact) mass is 277 g/mol. The van der Waals surface area contributed by atoms with Gasteiger partial charge in [-0.05, 0) is 36.2 Å². The molecule has 2 aromatic heterocycles. The molecule has 0 aliphatic carbocycles. The van der Waals surface area contributed by atoms with Crippen LogP contribution in [0.1, 0.15) is 12.5 Å². The highest BCUT2D eigenvalue weighted by atomic mass is 16.2. The summed E-state index contributed by atoms with van der Waals surface area (Å²) in [5.74, 6) is 0.106. The van der Waals surface area contributed by atoms with Crippen LogP contribution < -0.4 is 4.90 Å². The number of fused-ring (bicyclic) bond motifs is 2. The van der Waals surface area contributed by atoms with Crippen LogP contribution in [0.4, 0.5) is 5.69 Å². The number of anilines is 1. The summed E-state index contributed by atoms with van der Waals surface area (Å²) in [6, 6.07) is 12.2. The molecule has 0 atom stereocenters. The number of aromatic nitrogens is 2. The maximum Gasteiger partial charge on any atom is 0.223 e. The first-order valence-corrected chi connectivity index (χ1v) is 7.07. The molecule has 3 heterocycles. The van der Waals surface area contributed by atoms with Crippen LogP contribution in [0.3, 0.4) is 0 Å². The first-order valence-electron chi connectivity index (χ1n) is 7.07. The van der Waals surface area contributed by atoms with Gasteiger partial charge in [0, 0.05) is 37.1 Å². The zero-order valence-electron chi connectivity index (χ0n) is 11.8. The van der Waals surface area contributed by atoms with Crippen LogP contribution in [-0.2, 0) is 11.2 Å². The largest absolute Gasteiger partial charge is 0.312 e. The van der Waals surface area contributed by atoms with Crippen molar-refractivity contribution in [2.75, 3.05) is 11.4 Å². The number of pyridine rings is 1. The van der Waals surface area contributed by atoms with Gasteiger partial charge >= 0.3 is 0 Å². The van der Waals surface area contributed by atoms with Crippen molar-refractivity contribution in [3.05, 3.63) is 54.4 Å². The molecule has 1 aliphatic rings. The molecule has 0 saturated carbocycles. The Morgan fingerprint density at radius 1 is 1.24 bits per heavy atom. The first kappa shape index (κ1) is 12.1. The number of benzene rings is 1. The lowest BCUT2D eigenvalue weighted by molar-refractivity contribution is -0.116. The molecule has 1 amide bonds. The Balaban J connectivity index is 1.78. The van der Waals surface area contributed by atoms with Crippen molar-refractivity contribution < 1.29 is 4.79 Å². The Morgan fingerprint density at radius 2 is 2.14 bits per heavy atom. The third-order valence-electron chi connectivity index (χ3n) is 4.01. The van der Waals surface area contributed by atoms with E-state index in [1.807, 2.05) is 52.0 Å². The Hall–Kier alpha value is -2.62. The molecule has 4 nitrogen and oxygen atoms in total. The molecular weight excluding hydrogens is 262 g/mol. The number of hydrogen-bond acceptors (Lipinski definition) is 2. The van der Waals surface area contributed by atoms with Crippen LogP contribution in [0.15, 0.2) is 48.8 Å². The summed E-state index contributed by atoms with van der Waals surface area (Å²) in [5.41, 5.74) is 5.27. The molecule has 4 heteroatoms. The quantitative estimate of drug-likeness (QED) is 0.686. The zero-order chi connectivity index (χ0) is 14.4. The van der Waals surface area contributed by atoms with E-state index in [2.05, 4.69) is 11.1 Å². The van der Waals surface area contributed by atoms with Gasteiger partial charge in [0.1, 0.15) is 5.65 Å². The van der Waals surface area contributed by atoms with Gasteiger partial charge in [-0.3, -0.25) is 4.79 Å². The van der Waals surface area contributed by atoms with E-state index in [0.29, 0.717) is 0 Å². The average Bonchev–Trinajstić information content (AvgIpc) is 3.10. The molecule has 1 aliphatic heterocycles. The van der Waals surface area contributed by atoms with Gasteiger partial charge in [-0.1, -0.05) is 12.1 Å². The summed E-state index contributed by atoms with van der Waals surface area (Å²) < 4.78 is 2.02. The minimum absolute atomic E-state index is 0.106. The summed E-state index contributed by atoms with van der Waals surface area (Å²) in [6.07, 6.45) is 4.95. The Morgan fingerprint density at radius 3 is 2.95 bits per heavy atom. The smallest absolute Gasteiger partial charge is 0.223 e. The third kappa shape index (κ3) is 1.91. The summed E-state index contributed by atoms with van der Waals surface area (Å²) in [6.45, 7) is 2.39. The summed E-state index contributed by atoms with van der Waals surface area (Å²) in [4.78, 5) is 18.1. The van der Waals surface area contributed by atoms with E-state index in [9.17, 15) is 4.79 Å². The molecule has 0 radical (unpaired) electrons. The van der Waals surface area contributed by atoms with Crippen LogP contribution in [0.5, 0.6) is 0 Å². The van der Waals surface area contributed by atoms with Gasteiger partial charge in [0.05, 0.1) is 5.69 Å². The van der Waals surface area contributed by atoms with Gasteiger partial charge in [-0.15, -0.1) is 0 Å². The lowest BCUT2D eigenvalue weighted by Gasteiger charge is -2.14. The second kappa shape index (κ2) is 4.45. The molecule has 21 heavy (non-hydrogen) atoms. The predicted octanol–water partition coefficient (Wildman–Crippen LogP) is 2.91. The molecule has 1 aromatic carbocycles. The molecule has 0 spiro atoms. The SMILES string of the molecule is CC(=O)N1CCc2cc(-c3cn4ccccc4n3)ccc21. The van der Waals surface area contributed by atoms with E-state index in [4.69, 9.17) is 0 Å². The van der Waals surface area contributed by atoms with Crippen molar-refractivity contribution in [2.24, 2.45) is 0 Å². The van der Waals surface area contributed by atoms with Gasteiger partial charge < -0.3 is 9.30 Å². The molecule has 0 bridgehead atoms. The minimum atomic E-state index is 0.106. The highest BCUT2D eigenvalue weighted by molar-refractivity contribution is 5.94. The first-order chi connectivity index (χ1) is 10.2. The van der Waals surface area contributed by atoms with E-state index in [0.717, 1.165) is 35.6 Å². The number of imidazole rings is 1. The van der Waals surface area contributed by atoms with E-state index in [1.165, 1.54) is 5.56 Å². The minimum Gasteiger partial charge on any atom is -0.312 e. The average molecular weight is 277 g/mol. The standard InChI is InChI=1S/C17H15N3O/c1-12(21)20-9-7-14-10-13(5-6-16(14)20)15-11-19-8-3-2-4-17(19)18-15/h2-6,8,10-11H,7,9H2,1H3. The van der Waals surface area contributed by atoms with Gasteiger partial charge in [0.2, 0.25) is 5.91 Å². The molecule has 0 N–H and O–H groups in total. The fourth-order valence-electron chi connectivity index (χ4n) is 2.96. The molecular formula is C17H15N3O. The second-order valence-electron chi connectivity index (χ2n) is 5.36. The number of amides is 1. The van der Waals surface area contributed by atoms with Crippen molar-refractivity contribution in [1.82, 2.24) is 9.38 Å². The van der Waals surface area contributed by atoms with E-state index < -0.39 is 0 Å². The predicted molar refractivity (Wildman–Crippen MR) is 82.4 cm³/mol. The lowest BCUT2D eigenvalue weighted by Crippen LogP contribution is -2.25. The molecule has 0 unspecified atom stereocenters. The molecule has 3 aromatic rings. The van der Waals surface area contributed by atoms with Crippen molar-refractivity contribution in [1.29, 1.82) is 0 Å². The highest BCUT2D eigenvalue weighted by Crippen LogP contribution is 2.32. The van der Waals surface area contributed by atoms with E-state index in [1.54, 1.807) is 6.92 Å². The van der Waals surface area contributed by atoms with Crippen LogP contribution in [-0.4, -0.2) is 21.8 Å². The molecule has 0 fully saturated rings. The summed E-state index contributed by atoms with van der Waals surface area (Å²) in [7, 11) is 0. The van der Waals surface area contributed by atoms with Crippen LogP contribution in [0, 0.1) is 0 Å². The maximum atomic E-state index is 11.6. The fourth-order valence-corrected chi connectivity index (χ4v) is 2.96. The van der Waals surface area contributed by atoms with E-state index >= 15 is 0 Å². The second-order valence-corrected chi connectivity index (χ2v) is 5.36. The number of nitrogens with zero attached hydrogens (tertiary/aromatic N) is 3. The maximum absolute atomic E-state index is 11.6. The number of carbonyl (C=O) groups is 1. The fraction of sp³-hybridized carbons (Fsp3) is 0.176. The van der Waals surface area contributed by atoms with Crippen molar-refractivity contribution in [2.45, 2.75) is 13.3 Å². The summed E-state index contributed by atoms with van der Waals surface area (Å²) >= 11 is 0. The Kier molecular flexibility index (Phi) is 2.57. The van der Waals surface area contributed by atoms with E-state index in [-0.39, 0.29) is 5.91 Å².